The SMILES string of the molecule is C=CC(=O)N1CCC(C2=CCC(C)C(C)c3ncnc(Nc4ccc(O/C(N)=C/C=NCc5cc(Oc6ccccc6)ccn5)cc4F)c32)CC1. The van der Waals surface area contributed by atoms with Crippen LogP contribution >= 0.6 is 0 Å². The first-order valence-electron chi connectivity index (χ1n) is 17.1. The second-order valence-electron chi connectivity index (χ2n) is 12.8. The van der Waals surface area contributed by atoms with E-state index in [0.29, 0.717) is 37.1 Å². The number of pyridine rings is 1. The molecule has 1 saturated heterocycles. The Balaban J connectivity index is 1.12. The molecule has 0 radical (unpaired) electrons. The largest absolute Gasteiger partial charge is 0.457 e. The number of benzene rings is 2. The Morgan fingerprint density at radius 3 is 2.63 bits per heavy atom. The molecule has 1 fully saturated rings. The summed E-state index contributed by atoms with van der Waals surface area (Å²) in [6.45, 7) is 9.64. The molecule has 4 aromatic rings. The fraction of sp³-hybridized carbons (Fsp3) is 0.275. The molecule has 262 valence electrons. The van der Waals surface area contributed by atoms with E-state index in [0.717, 1.165) is 47.5 Å². The normalized spacial score (nSPS) is 18.1. The average Bonchev–Trinajstić information content (AvgIpc) is 3.27. The molecule has 6 rings (SSSR count). The fourth-order valence-corrected chi connectivity index (χ4v) is 6.38. The zero-order valence-electron chi connectivity index (χ0n) is 28.8. The quantitative estimate of drug-likeness (QED) is 0.0924. The van der Waals surface area contributed by atoms with E-state index in [2.05, 4.69) is 46.8 Å². The number of hydrogen-bond donors (Lipinski definition) is 2. The third kappa shape index (κ3) is 8.67. The number of likely N-dealkylation sites (tertiary alicyclic amines) is 1. The summed E-state index contributed by atoms with van der Waals surface area (Å²) in [6, 6.07) is 17.6. The second-order valence-corrected chi connectivity index (χ2v) is 12.8. The number of aromatic nitrogens is 3. The molecular formula is C40H42FN7O3. The molecule has 1 aliphatic carbocycles. The highest BCUT2D eigenvalue weighted by Gasteiger charge is 2.32. The van der Waals surface area contributed by atoms with Gasteiger partial charge in [-0.3, -0.25) is 14.8 Å². The number of fused-ring (bicyclic) bond motifs is 1. The predicted molar refractivity (Wildman–Crippen MR) is 197 cm³/mol. The van der Waals surface area contributed by atoms with E-state index in [-0.39, 0.29) is 35.1 Å². The minimum atomic E-state index is -0.526. The fourth-order valence-electron chi connectivity index (χ4n) is 6.38. The van der Waals surface area contributed by atoms with Crippen molar-refractivity contribution in [1.29, 1.82) is 0 Å². The standard InChI is InChI=1S/C40H42FN7O3/c1-4-37(49)48-20-16-28(17-21-48)33-12-10-26(2)27(3)39-38(33)40(46-25-45-39)47-35-13-11-31(23-34(35)41)51-36(42)15-18-43-24-29-22-32(14-19-44-29)50-30-8-6-5-7-9-30/h4-9,11-15,18-19,22-23,25-28H,1,10,16-17,20-21,24,42H2,2-3H3,(H,45,46,47)/b36-15+,43-18?. The molecule has 2 aromatic heterocycles. The number of para-hydroxylation sites is 1. The first-order chi connectivity index (χ1) is 24.8. The Labute approximate surface area is 297 Å². The summed E-state index contributed by atoms with van der Waals surface area (Å²) in [6.07, 6.45) is 12.4. The van der Waals surface area contributed by atoms with Gasteiger partial charge in [-0.05, 0) is 73.1 Å². The number of piperidine rings is 1. The monoisotopic (exact) mass is 687 g/mol. The smallest absolute Gasteiger partial charge is 0.245 e. The summed E-state index contributed by atoms with van der Waals surface area (Å²) < 4.78 is 27.1. The van der Waals surface area contributed by atoms with Gasteiger partial charge < -0.3 is 25.4 Å². The van der Waals surface area contributed by atoms with Gasteiger partial charge in [-0.15, -0.1) is 0 Å². The van der Waals surface area contributed by atoms with Gasteiger partial charge in [-0.25, -0.2) is 14.4 Å². The van der Waals surface area contributed by atoms with Crippen LogP contribution < -0.4 is 20.5 Å². The van der Waals surface area contributed by atoms with Gasteiger partial charge in [0.1, 0.15) is 35.2 Å². The van der Waals surface area contributed by atoms with Crippen molar-refractivity contribution < 1.29 is 18.7 Å². The third-order valence-electron chi connectivity index (χ3n) is 9.37. The van der Waals surface area contributed by atoms with E-state index in [1.807, 2.05) is 41.3 Å². The van der Waals surface area contributed by atoms with Gasteiger partial charge in [-0.1, -0.05) is 44.7 Å². The number of amides is 1. The van der Waals surface area contributed by atoms with Crippen molar-refractivity contribution in [2.24, 2.45) is 22.6 Å². The van der Waals surface area contributed by atoms with Crippen molar-refractivity contribution in [1.82, 2.24) is 19.9 Å². The van der Waals surface area contributed by atoms with Gasteiger partial charge in [0.15, 0.2) is 5.88 Å². The number of hydrogen-bond acceptors (Lipinski definition) is 9. The van der Waals surface area contributed by atoms with Crippen LogP contribution in [-0.2, 0) is 11.3 Å². The molecule has 3 N–H and O–H groups in total. The minimum absolute atomic E-state index is 0.0465. The Bertz CT molecular complexity index is 1950. The summed E-state index contributed by atoms with van der Waals surface area (Å²) >= 11 is 0. The highest BCUT2D eigenvalue weighted by molar-refractivity contribution is 5.87. The lowest BCUT2D eigenvalue weighted by atomic mass is 9.83. The van der Waals surface area contributed by atoms with Crippen LogP contribution in [0.25, 0.3) is 5.57 Å². The summed E-state index contributed by atoms with van der Waals surface area (Å²) in [5.74, 6) is 2.41. The molecule has 0 bridgehead atoms. The summed E-state index contributed by atoms with van der Waals surface area (Å²) in [5, 5.41) is 3.24. The van der Waals surface area contributed by atoms with Crippen LogP contribution in [0, 0.1) is 17.7 Å². The molecule has 2 aliphatic rings. The topological polar surface area (TPSA) is 128 Å². The minimum Gasteiger partial charge on any atom is -0.457 e. The maximum atomic E-state index is 15.6. The highest BCUT2D eigenvalue weighted by Crippen LogP contribution is 2.44. The van der Waals surface area contributed by atoms with Gasteiger partial charge in [0.2, 0.25) is 5.91 Å². The predicted octanol–water partition coefficient (Wildman–Crippen LogP) is 7.95. The molecule has 10 nitrogen and oxygen atoms in total. The maximum Gasteiger partial charge on any atom is 0.245 e. The molecular weight excluding hydrogens is 645 g/mol. The van der Waals surface area contributed by atoms with Crippen LogP contribution in [0.5, 0.6) is 17.2 Å². The number of carbonyl (C=O) groups is 1. The van der Waals surface area contributed by atoms with Crippen molar-refractivity contribution in [2.75, 3.05) is 18.4 Å². The number of ether oxygens (including phenoxy) is 2. The molecule has 51 heavy (non-hydrogen) atoms. The molecule has 0 spiro atoms. The van der Waals surface area contributed by atoms with Crippen molar-refractivity contribution >= 4 is 29.2 Å². The van der Waals surface area contributed by atoms with Crippen LogP contribution in [0.3, 0.4) is 0 Å². The van der Waals surface area contributed by atoms with Gasteiger partial charge in [0.05, 0.1) is 23.6 Å². The van der Waals surface area contributed by atoms with E-state index in [1.54, 1.807) is 24.4 Å². The van der Waals surface area contributed by atoms with Gasteiger partial charge >= 0.3 is 0 Å². The number of nitrogens with one attached hydrogen (secondary N) is 1. The number of anilines is 2. The summed E-state index contributed by atoms with van der Waals surface area (Å²) in [5.41, 5.74) is 10.0. The lowest BCUT2D eigenvalue weighted by molar-refractivity contribution is -0.127. The lowest BCUT2D eigenvalue weighted by Crippen LogP contribution is -2.37. The Kier molecular flexibility index (Phi) is 11.1. The molecule has 1 aliphatic heterocycles. The summed E-state index contributed by atoms with van der Waals surface area (Å²) in [7, 11) is 0. The van der Waals surface area contributed by atoms with E-state index in [1.165, 1.54) is 30.8 Å². The molecule has 0 saturated carbocycles. The molecule has 2 aromatic carbocycles. The van der Waals surface area contributed by atoms with Crippen LogP contribution in [0.4, 0.5) is 15.9 Å². The van der Waals surface area contributed by atoms with E-state index in [4.69, 9.17) is 20.2 Å². The summed E-state index contributed by atoms with van der Waals surface area (Å²) in [4.78, 5) is 32.1. The molecule has 1 amide bonds. The molecule has 3 heterocycles. The third-order valence-corrected chi connectivity index (χ3v) is 9.37. The van der Waals surface area contributed by atoms with Crippen LogP contribution in [0.1, 0.15) is 56.0 Å². The Hall–Kier alpha value is -5.84. The van der Waals surface area contributed by atoms with Crippen molar-refractivity contribution in [2.45, 2.75) is 45.6 Å². The van der Waals surface area contributed by atoms with Crippen LogP contribution in [-0.4, -0.2) is 45.1 Å². The average molecular weight is 688 g/mol. The van der Waals surface area contributed by atoms with Crippen molar-refractivity contribution in [3.8, 4) is 17.2 Å². The number of halogens is 1. The van der Waals surface area contributed by atoms with Gasteiger partial charge in [0, 0.05) is 55.2 Å². The lowest BCUT2D eigenvalue weighted by Gasteiger charge is -2.33. The Morgan fingerprint density at radius 1 is 1.06 bits per heavy atom. The zero-order chi connectivity index (χ0) is 35.7. The number of allylic oxidation sites excluding steroid dienone is 3. The van der Waals surface area contributed by atoms with Gasteiger partial charge in [-0.2, -0.15) is 0 Å². The van der Waals surface area contributed by atoms with Crippen LogP contribution in [0.15, 0.2) is 109 Å². The Morgan fingerprint density at radius 2 is 1.86 bits per heavy atom. The zero-order valence-corrected chi connectivity index (χ0v) is 28.8. The molecule has 2 atom stereocenters. The number of rotatable bonds is 11. The van der Waals surface area contributed by atoms with Gasteiger partial charge in [0.25, 0.3) is 0 Å². The van der Waals surface area contributed by atoms with Crippen molar-refractivity contribution in [3.05, 3.63) is 127 Å². The van der Waals surface area contributed by atoms with E-state index >= 15 is 4.39 Å². The first kappa shape index (κ1) is 35.0. The number of nitrogens with zero attached hydrogens (tertiary/aromatic N) is 5. The number of nitrogens with two attached hydrogens (primary N) is 1. The number of aliphatic imine (C=N–C) groups is 1. The van der Waals surface area contributed by atoms with Crippen molar-refractivity contribution in [3.63, 3.8) is 0 Å². The molecule has 2 unspecified atom stereocenters. The maximum absolute atomic E-state index is 15.6. The number of carbonyl (C=O) groups excluding carboxylic acids is 1. The first-order valence-corrected chi connectivity index (χ1v) is 17.1. The van der Waals surface area contributed by atoms with Crippen LogP contribution in [0.2, 0.25) is 0 Å². The second kappa shape index (κ2) is 16.2. The van der Waals surface area contributed by atoms with E-state index < -0.39 is 5.82 Å². The molecule has 11 heteroatoms. The van der Waals surface area contributed by atoms with E-state index in [9.17, 15) is 4.79 Å². The highest BCUT2D eigenvalue weighted by atomic mass is 19.1.